The van der Waals surface area contributed by atoms with Gasteiger partial charge in [0.15, 0.2) is 16.6 Å². The van der Waals surface area contributed by atoms with Crippen LogP contribution in [0.1, 0.15) is 5.56 Å². The molecule has 0 atom stereocenters. The average Bonchev–Trinajstić information content (AvgIpc) is 2.79. The summed E-state index contributed by atoms with van der Waals surface area (Å²) in [5.74, 6) is 0.0478. The Morgan fingerprint density at radius 1 is 0.938 bits per heavy atom. The summed E-state index contributed by atoms with van der Waals surface area (Å²) in [6, 6.07) is 20.8. The van der Waals surface area contributed by atoms with Crippen molar-refractivity contribution >= 4 is 40.9 Å². The molecule has 3 aromatic rings. The lowest BCUT2D eigenvalue weighted by Crippen LogP contribution is -2.54. The largest absolute Gasteiger partial charge is 0.504 e. The highest BCUT2D eigenvalue weighted by atomic mass is 32.1. The third-order valence-electron chi connectivity index (χ3n) is 4.73. The van der Waals surface area contributed by atoms with E-state index in [0.717, 1.165) is 0 Å². The van der Waals surface area contributed by atoms with Crippen molar-refractivity contribution in [3.63, 3.8) is 0 Å². The number of nitrogens with one attached hydrogen (secondary N) is 1. The number of nitrogens with zero attached hydrogens (tertiary/aromatic N) is 1. The Kier molecular flexibility index (Phi) is 5.87. The number of para-hydroxylation sites is 2. The van der Waals surface area contributed by atoms with Crippen molar-refractivity contribution in [2.45, 2.75) is 0 Å². The molecular weight excluding hydrogens is 428 g/mol. The van der Waals surface area contributed by atoms with Gasteiger partial charge in [0.2, 0.25) is 0 Å². The topological polar surface area (TPSA) is 88.1 Å². The molecule has 2 amide bonds. The Balaban J connectivity index is 1.63. The molecule has 0 radical (unpaired) electrons. The van der Waals surface area contributed by atoms with Crippen LogP contribution in [-0.2, 0) is 9.59 Å². The van der Waals surface area contributed by atoms with Gasteiger partial charge < -0.3 is 14.6 Å². The molecule has 0 aromatic heterocycles. The second-order valence-corrected chi connectivity index (χ2v) is 7.15. The maximum absolute atomic E-state index is 13.2. The molecule has 1 aliphatic heterocycles. The molecule has 0 aliphatic carbocycles. The lowest BCUT2D eigenvalue weighted by atomic mass is 10.1. The van der Waals surface area contributed by atoms with Crippen LogP contribution < -0.4 is 19.7 Å². The summed E-state index contributed by atoms with van der Waals surface area (Å²) in [4.78, 5) is 26.8. The second-order valence-electron chi connectivity index (χ2n) is 6.76. The standard InChI is InChI=1S/C24H18N2O5S/c1-30-20-9-5-6-15(21(20)27)14-19-22(28)25-24(32)26(23(19)29)16-10-12-18(13-11-16)31-17-7-3-2-4-8-17/h2-14,27H,1H3,(H,25,28,32). The summed E-state index contributed by atoms with van der Waals surface area (Å²) in [6.45, 7) is 0. The van der Waals surface area contributed by atoms with Gasteiger partial charge in [-0.2, -0.15) is 0 Å². The number of carbonyl (C=O) groups is 2. The molecule has 160 valence electrons. The third kappa shape index (κ3) is 4.17. The van der Waals surface area contributed by atoms with Crippen molar-refractivity contribution in [2.75, 3.05) is 12.0 Å². The number of amides is 2. The summed E-state index contributed by atoms with van der Waals surface area (Å²) in [7, 11) is 1.41. The summed E-state index contributed by atoms with van der Waals surface area (Å²) in [5.41, 5.74) is 0.551. The molecule has 1 saturated heterocycles. The van der Waals surface area contributed by atoms with E-state index in [4.69, 9.17) is 21.7 Å². The molecular formula is C24H18N2O5S. The zero-order valence-electron chi connectivity index (χ0n) is 16.9. The number of rotatable bonds is 5. The smallest absolute Gasteiger partial charge is 0.270 e. The minimum atomic E-state index is -0.650. The molecule has 0 bridgehead atoms. The predicted octanol–water partition coefficient (Wildman–Crippen LogP) is 4.02. The van der Waals surface area contributed by atoms with Gasteiger partial charge in [-0.15, -0.1) is 0 Å². The number of phenolic OH excluding ortho intramolecular Hbond substituents is 1. The van der Waals surface area contributed by atoms with Crippen molar-refractivity contribution in [3.8, 4) is 23.0 Å². The number of benzene rings is 3. The van der Waals surface area contributed by atoms with Gasteiger partial charge in [0.05, 0.1) is 12.8 Å². The summed E-state index contributed by atoms with van der Waals surface area (Å²) < 4.78 is 10.9. The zero-order chi connectivity index (χ0) is 22.7. The van der Waals surface area contributed by atoms with E-state index in [1.165, 1.54) is 18.1 Å². The van der Waals surface area contributed by atoms with Crippen molar-refractivity contribution < 1.29 is 24.2 Å². The summed E-state index contributed by atoms with van der Waals surface area (Å²) >= 11 is 5.23. The first-order chi connectivity index (χ1) is 15.5. The molecule has 0 saturated carbocycles. The summed E-state index contributed by atoms with van der Waals surface area (Å²) in [5, 5.41) is 12.8. The van der Waals surface area contributed by atoms with E-state index in [1.54, 1.807) is 42.5 Å². The van der Waals surface area contributed by atoms with Gasteiger partial charge in [-0.25, -0.2) is 0 Å². The van der Waals surface area contributed by atoms with E-state index in [-0.39, 0.29) is 27.7 Å². The van der Waals surface area contributed by atoms with Gasteiger partial charge in [0.1, 0.15) is 17.1 Å². The highest BCUT2D eigenvalue weighted by Gasteiger charge is 2.34. The molecule has 32 heavy (non-hydrogen) atoms. The Morgan fingerprint density at radius 2 is 1.62 bits per heavy atom. The number of hydrogen-bond acceptors (Lipinski definition) is 6. The van der Waals surface area contributed by atoms with Crippen molar-refractivity contribution in [1.29, 1.82) is 0 Å². The Morgan fingerprint density at radius 3 is 2.31 bits per heavy atom. The SMILES string of the molecule is COc1cccc(C=C2C(=O)NC(=S)N(c3ccc(Oc4ccccc4)cc3)C2=O)c1O. The number of thiocarbonyl (C=S) groups is 1. The van der Waals surface area contributed by atoms with Crippen LogP contribution in [0, 0.1) is 0 Å². The maximum atomic E-state index is 13.2. The van der Waals surface area contributed by atoms with Crippen LogP contribution >= 0.6 is 12.2 Å². The van der Waals surface area contributed by atoms with E-state index in [1.807, 2.05) is 30.3 Å². The molecule has 1 fully saturated rings. The summed E-state index contributed by atoms with van der Waals surface area (Å²) in [6.07, 6.45) is 1.30. The minimum absolute atomic E-state index is 0.0382. The molecule has 0 spiro atoms. The number of anilines is 1. The van der Waals surface area contributed by atoms with Crippen LogP contribution in [0.15, 0.2) is 78.4 Å². The van der Waals surface area contributed by atoms with E-state index in [9.17, 15) is 14.7 Å². The molecule has 3 aromatic carbocycles. The van der Waals surface area contributed by atoms with Gasteiger partial charge >= 0.3 is 0 Å². The van der Waals surface area contributed by atoms with Gasteiger partial charge in [-0.1, -0.05) is 30.3 Å². The Labute approximate surface area is 189 Å². The first kappa shape index (κ1) is 21.1. The normalized spacial score (nSPS) is 15.0. The second kappa shape index (κ2) is 8.91. The van der Waals surface area contributed by atoms with Crippen LogP contribution in [0.5, 0.6) is 23.0 Å². The van der Waals surface area contributed by atoms with Crippen LogP contribution in [0.3, 0.4) is 0 Å². The number of methoxy groups -OCH3 is 1. The third-order valence-corrected chi connectivity index (χ3v) is 5.01. The zero-order valence-corrected chi connectivity index (χ0v) is 17.8. The molecule has 4 rings (SSSR count). The quantitative estimate of drug-likeness (QED) is 0.350. The molecule has 2 N–H and O–H groups in total. The lowest BCUT2D eigenvalue weighted by molar-refractivity contribution is -0.122. The van der Waals surface area contributed by atoms with E-state index in [0.29, 0.717) is 17.2 Å². The van der Waals surface area contributed by atoms with Crippen LogP contribution in [0.2, 0.25) is 0 Å². The van der Waals surface area contributed by atoms with Crippen molar-refractivity contribution in [2.24, 2.45) is 0 Å². The highest BCUT2D eigenvalue weighted by Crippen LogP contribution is 2.32. The van der Waals surface area contributed by atoms with Crippen LogP contribution in [0.25, 0.3) is 6.08 Å². The van der Waals surface area contributed by atoms with Gasteiger partial charge in [0, 0.05) is 5.56 Å². The molecule has 1 heterocycles. The van der Waals surface area contributed by atoms with Crippen molar-refractivity contribution in [3.05, 3.63) is 83.9 Å². The fourth-order valence-corrected chi connectivity index (χ4v) is 3.44. The Hall–Kier alpha value is -4.17. The fourth-order valence-electron chi connectivity index (χ4n) is 3.16. The van der Waals surface area contributed by atoms with Gasteiger partial charge in [-0.05, 0) is 60.8 Å². The lowest BCUT2D eigenvalue weighted by Gasteiger charge is -2.29. The van der Waals surface area contributed by atoms with Gasteiger partial charge in [-0.3, -0.25) is 19.8 Å². The van der Waals surface area contributed by atoms with Gasteiger partial charge in [0.25, 0.3) is 11.8 Å². The van der Waals surface area contributed by atoms with Crippen molar-refractivity contribution in [1.82, 2.24) is 5.32 Å². The monoisotopic (exact) mass is 446 g/mol. The highest BCUT2D eigenvalue weighted by molar-refractivity contribution is 7.80. The molecule has 0 unspecified atom stereocenters. The number of carbonyl (C=O) groups excluding carboxylic acids is 2. The number of hydrogen-bond donors (Lipinski definition) is 2. The fraction of sp³-hybridized carbons (Fsp3) is 0.0417. The number of aromatic hydroxyl groups is 1. The van der Waals surface area contributed by atoms with E-state index >= 15 is 0 Å². The number of ether oxygens (including phenoxy) is 2. The Bertz CT molecular complexity index is 1220. The first-order valence-electron chi connectivity index (χ1n) is 9.58. The predicted molar refractivity (Wildman–Crippen MR) is 124 cm³/mol. The van der Waals surface area contributed by atoms with Crippen LogP contribution in [0.4, 0.5) is 5.69 Å². The number of phenols is 1. The van der Waals surface area contributed by atoms with E-state index in [2.05, 4.69) is 5.32 Å². The molecule has 1 aliphatic rings. The average molecular weight is 446 g/mol. The van der Waals surface area contributed by atoms with Crippen LogP contribution in [-0.4, -0.2) is 29.1 Å². The molecule has 7 nitrogen and oxygen atoms in total. The minimum Gasteiger partial charge on any atom is -0.504 e. The molecule has 8 heteroatoms. The maximum Gasteiger partial charge on any atom is 0.270 e. The van der Waals surface area contributed by atoms with E-state index < -0.39 is 11.8 Å². The first-order valence-corrected chi connectivity index (χ1v) is 9.99.